The van der Waals surface area contributed by atoms with Crippen LogP contribution < -0.4 is 0 Å². The molecule has 1 amide bonds. The average molecular weight is 267 g/mol. The molecule has 1 aromatic carbocycles. The molecule has 1 rings (SSSR count). The quantitative estimate of drug-likeness (QED) is 0.911. The smallest absolute Gasteiger partial charge is 0.253 e. The lowest BCUT2D eigenvalue weighted by Gasteiger charge is -2.28. The fourth-order valence-electron chi connectivity index (χ4n) is 2.05. The highest BCUT2D eigenvalue weighted by atomic mass is 19.1. The molecule has 0 spiro atoms. The zero-order chi connectivity index (χ0) is 14.8. The number of carbonyl (C=O) groups excluding carboxylic acids is 1. The van der Waals surface area contributed by atoms with Gasteiger partial charge in [0.25, 0.3) is 5.91 Å². The van der Waals surface area contributed by atoms with Crippen LogP contribution in [-0.4, -0.2) is 34.6 Å². The highest BCUT2D eigenvalue weighted by Crippen LogP contribution is 2.17. The fourth-order valence-corrected chi connectivity index (χ4v) is 2.05. The van der Waals surface area contributed by atoms with Gasteiger partial charge in [-0.05, 0) is 57.9 Å². The molecule has 0 aliphatic rings. The molecule has 0 bridgehead atoms. The highest BCUT2D eigenvalue weighted by molar-refractivity contribution is 5.94. The van der Waals surface area contributed by atoms with Crippen molar-refractivity contribution in [1.29, 1.82) is 0 Å². The number of amides is 1. The lowest BCUT2D eigenvalue weighted by Crippen LogP contribution is -2.42. The van der Waals surface area contributed by atoms with Gasteiger partial charge in [-0.3, -0.25) is 4.79 Å². The molecule has 19 heavy (non-hydrogen) atoms. The Morgan fingerprint density at radius 1 is 1.32 bits per heavy atom. The summed E-state index contributed by atoms with van der Waals surface area (Å²) in [5.41, 5.74) is 0.434. The molecule has 0 saturated heterocycles. The maximum absolute atomic E-state index is 13.6. The van der Waals surface area contributed by atoms with E-state index in [-0.39, 0.29) is 18.3 Å². The van der Waals surface area contributed by atoms with Crippen LogP contribution in [0.25, 0.3) is 0 Å². The first-order valence-corrected chi connectivity index (χ1v) is 6.44. The molecule has 106 valence electrons. The SMILES string of the molecule is CCN(CC(C)(C)O)C(=O)c1cc(C)c(F)c(C)c1. The lowest BCUT2D eigenvalue weighted by molar-refractivity contribution is 0.0314. The van der Waals surface area contributed by atoms with Crippen LogP contribution in [0.15, 0.2) is 12.1 Å². The van der Waals surface area contributed by atoms with E-state index in [4.69, 9.17) is 0 Å². The molecule has 0 unspecified atom stereocenters. The number of likely N-dealkylation sites (N-methyl/N-ethyl adjacent to an activating group) is 1. The number of carbonyl (C=O) groups is 1. The summed E-state index contributed by atoms with van der Waals surface area (Å²) in [7, 11) is 0. The van der Waals surface area contributed by atoms with Gasteiger partial charge in [0.2, 0.25) is 0 Å². The van der Waals surface area contributed by atoms with Gasteiger partial charge < -0.3 is 10.0 Å². The van der Waals surface area contributed by atoms with E-state index in [1.807, 2.05) is 6.92 Å². The zero-order valence-electron chi connectivity index (χ0n) is 12.2. The Morgan fingerprint density at radius 2 is 1.79 bits per heavy atom. The van der Waals surface area contributed by atoms with Crippen molar-refractivity contribution >= 4 is 5.91 Å². The van der Waals surface area contributed by atoms with E-state index < -0.39 is 5.60 Å². The van der Waals surface area contributed by atoms with Gasteiger partial charge in [-0.2, -0.15) is 0 Å². The van der Waals surface area contributed by atoms with E-state index in [1.54, 1.807) is 44.7 Å². The first-order chi connectivity index (χ1) is 8.65. The van der Waals surface area contributed by atoms with Crippen LogP contribution in [0.5, 0.6) is 0 Å². The van der Waals surface area contributed by atoms with Gasteiger partial charge in [0, 0.05) is 18.7 Å². The van der Waals surface area contributed by atoms with Crippen molar-refractivity contribution in [2.75, 3.05) is 13.1 Å². The number of nitrogens with zero attached hydrogens (tertiary/aromatic N) is 1. The van der Waals surface area contributed by atoms with Gasteiger partial charge in [-0.1, -0.05) is 0 Å². The van der Waals surface area contributed by atoms with E-state index in [2.05, 4.69) is 0 Å². The Morgan fingerprint density at radius 3 is 2.16 bits per heavy atom. The van der Waals surface area contributed by atoms with E-state index in [0.29, 0.717) is 23.2 Å². The number of halogens is 1. The minimum atomic E-state index is -0.949. The van der Waals surface area contributed by atoms with Gasteiger partial charge >= 0.3 is 0 Å². The van der Waals surface area contributed by atoms with Crippen molar-refractivity contribution in [3.8, 4) is 0 Å². The largest absolute Gasteiger partial charge is 0.389 e. The molecule has 0 aromatic heterocycles. The minimum Gasteiger partial charge on any atom is -0.389 e. The van der Waals surface area contributed by atoms with Crippen LogP contribution in [0, 0.1) is 19.7 Å². The second-order valence-electron chi connectivity index (χ2n) is 5.56. The molecule has 0 aliphatic carbocycles. The van der Waals surface area contributed by atoms with Crippen molar-refractivity contribution in [2.24, 2.45) is 0 Å². The molecular weight excluding hydrogens is 245 g/mol. The van der Waals surface area contributed by atoms with Gasteiger partial charge in [-0.25, -0.2) is 4.39 Å². The summed E-state index contributed by atoms with van der Waals surface area (Å²) in [5, 5.41) is 9.81. The summed E-state index contributed by atoms with van der Waals surface area (Å²) in [6.45, 7) is 9.20. The summed E-state index contributed by atoms with van der Waals surface area (Å²) in [4.78, 5) is 13.9. The van der Waals surface area contributed by atoms with Gasteiger partial charge in [0.15, 0.2) is 0 Å². The predicted molar refractivity (Wildman–Crippen MR) is 73.7 cm³/mol. The van der Waals surface area contributed by atoms with E-state index >= 15 is 0 Å². The number of aryl methyl sites for hydroxylation is 2. The standard InChI is InChI=1S/C15H22FNO2/c1-6-17(9-15(4,5)19)14(18)12-7-10(2)13(16)11(3)8-12/h7-8,19H,6,9H2,1-5H3. The van der Waals surface area contributed by atoms with Crippen LogP contribution in [0.3, 0.4) is 0 Å². The Kier molecular flexibility index (Phi) is 4.69. The number of aliphatic hydroxyl groups is 1. The van der Waals surface area contributed by atoms with Crippen molar-refractivity contribution in [3.63, 3.8) is 0 Å². The topological polar surface area (TPSA) is 40.5 Å². The molecule has 3 nitrogen and oxygen atoms in total. The second kappa shape index (κ2) is 5.70. The molecule has 0 fully saturated rings. The number of hydrogen-bond acceptors (Lipinski definition) is 2. The third-order valence-corrected chi connectivity index (χ3v) is 2.93. The Hall–Kier alpha value is -1.42. The van der Waals surface area contributed by atoms with Crippen LogP contribution in [-0.2, 0) is 0 Å². The maximum Gasteiger partial charge on any atom is 0.253 e. The molecular formula is C15H22FNO2. The average Bonchev–Trinajstić information content (AvgIpc) is 2.30. The Bertz CT molecular complexity index is 455. The first-order valence-electron chi connectivity index (χ1n) is 6.44. The molecule has 4 heteroatoms. The second-order valence-corrected chi connectivity index (χ2v) is 5.56. The summed E-state index contributed by atoms with van der Waals surface area (Å²) in [5.74, 6) is -0.460. The van der Waals surface area contributed by atoms with Crippen LogP contribution in [0.2, 0.25) is 0 Å². The fraction of sp³-hybridized carbons (Fsp3) is 0.533. The van der Waals surface area contributed by atoms with E-state index in [1.165, 1.54) is 0 Å². The van der Waals surface area contributed by atoms with Gasteiger partial charge in [0.05, 0.1) is 5.60 Å². The predicted octanol–water partition coefficient (Wildman–Crippen LogP) is 2.68. The first kappa shape index (κ1) is 15.6. The van der Waals surface area contributed by atoms with Gasteiger partial charge in [-0.15, -0.1) is 0 Å². The molecule has 0 saturated carbocycles. The monoisotopic (exact) mass is 267 g/mol. The molecule has 0 heterocycles. The van der Waals surface area contributed by atoms with Crippen LogP contribution >= 0.6 is 0 Å². The molecule has 0 aliphatic heterocycles. The number of benzene rings is 1. The molecule has 1 aromatic rings. The maximum atomic E-state index is 13.6. The summed E-state index contributed by atoms with van der Waals surface area (Å²) in [6, 6.07) is 3.11. The molecule has 0 atom stereocenters. The van der Waals surface area contributed by atoms with Crippen LogP contribution in [0.1, 0.15) is 42.3 Å². The lowest BCUT2D eigenvalue weighted by atomic mass is 10.0. The highest BCUT2D eigenvalue weighted by Gasteiger charge is 2.23. The Balaban J connectivity index is 3.05. The normalized spacial score (nSPS) is 11.5. The third-order valence-electron chi connectivity index (χ3n) is 2.93. The van der Waals surface area contributed by atoms with E-state index in [0.717, 1.165) is 0 Å². The molecule has 1 N–H and O–H groups in total. The third kappa shape index (κ3) is 4.03. The van der Waals surface area contributed by atoms with Gasteiger partial charge in [0.1, 0.15) is 5.82 Å². The molecule has 0 radical (unpaired) electrons. The van der Waals surface area contributed by atoms with Crippen LogP contribution in [0.4, 0.5) is 4.39 Å². The van der Waals surface area contributed by atoms with E-state index in [9.17, 15) is 14.3 Å². The summed E-state index contributed by atoms with van der Waals surface area (Å²) < 4.78 is 13.6. The number of hydrogen-bond donors (Lipinski definition) is 1. The van der Waals surface area contributed by atoms with Crippen molar-refractivity contribution < 1.29 is 14.3 Å². The van der Waals surface area contributed by atoms with Crippen molar-refractivity contribution in [3.05, 3.63) is 34.6 Å². The van der Waals surface area contributed by atoms with Crippen molar-refractivity contribution in [2.45, 2.75) is 40.2 Å². The Labute approximate surface area is 114 Å². The summed E-state index contributed by atoms with van der Waals surface area (Å²) in [6.07, 6.45) is 0. The minimum absolute atomic E-state index is 0.184. The van der Waals surface area contributed by atoms with Crippen molar-refractivity contribution in [1.82, 2.24) is 4.90 Å². The summed E-state index contributed by atoms with van der Waals surface area (Å²) >= 11 is 0. The number of rotatable bonds is 4. The zero-order valence-corrected chi connectivity index (χ0v) is 12.2.